The minimum absolute atomic E-state index is 0.384. The molecule has 0 aliphatic rings. The smallest absolute Gasteiger partial charge is 0.164 e. The van der Waals surface area contributed by atoms with Gasteiger partial charge in [0.15, 0.2) is 11.5 Å². The summed E-state index contributed by atoms with van der Waals surface area (Å²) in [5.41, 5.74) is 7.84. The molecule has 3 heteroatoms. The Morgan fingerprint density at radius 2 is 1.81 bits per heavy atom. The zero-order valence-electron chi connectivity index (χ0n) is 10.5. The SMILES string of the molecule is COc1c(C)ccc(C(C)CCN)c1OC. The lowest BCUT2D eigenvalue weighted by atomic mass is 9.95. The van der Waals surface area contributed by atoms with Crippen LogP contribution in [0.15, 0.2) is 12.1 Å². The summed E-state index contributed by atoms with van der Waals surface area (Å²) in [5.74, 6) is 2.04. The summed E-state index contributed by atoms with van der Waals surface area (Å²) in [6.45, 7) is 4.85. The van der Waals surface area contributed by atoms with Gasteiger partial charge in [0.2, 0.25) is 0 Å². The molecule has 0 bridgehead atoms. The van der Waals surface area contributed by atoms with Crippen molar-refractivity contribution in [1.29, 1.82) is 0 Å². The maximum Gasteiger partial charge on any atom is 0.164 e. The minimum atomic E-state index is 0.384. The largest absolute Gasteiger partial charge is 0.493 e. The third-order valence-corrected chi connectivity index (χ3v) is 2.88. The molecule has 0 spiro atoms. The molecule has 16 heavy (non-hydrogen) atoms. The summed E-state index contributed by atoms with van der Waals surface area (Å²) >= 11 is 0. The molecule has 1 aromatic rings. The Morgan fingerprint density at radius 3 is 2.31 bits per heavy atom. The molecule has 1 atom stereocenters. The van der Waals surface area contributed by atoms with E-state index in [1.54, 1.807) is 14.2 Å². The van der Waals surface area contributed by atoms with Crippen LogP contribution < -0.4 is 15.2 Å². The van der Waals surface area contributed by atoms with Gasteiger partial charge in [0.05, 0.1) is 14.2 Å². The van der Waals surface area contributed by atoms with E-state index in [1.807, 2.05) is 6.92 Å². The summed E-state index contributed by atoms with van der Waals surface area (Å²) in [7, 11) is 3.35. The van der Waals surface area contributed by atoms with Crippen molar-refractivity contribution >= 4 is 0 Å². The third-order valence-electron chi connectivity index (χ3n) is 2.88. The van der Waals surface area contributed by atoms with Gasteiger partial charge in [-0.3, -0.25) is 0 Å². The summed E-state index contributed by atoms with van der Waals surface area (Å²) in [6, 6.07) is 4.15. The van der Waals surface area contributed by atoms with Gasteiger partial charge in [0.1, 0.15) is 0 Å². The standard InChI is InChI=1S/C13H21NO2/c1-9(7-8-14)11-6-5-10(2)12(15-3)13(11)16-4/h5-6,9H,7-8,14H2,1-4H3. The second-order valence-electron chi connectivity index (χ2n) is 4.02. The van der Waals surface area contributed by atoms with Crippen molar-refractivity contribution in [2.45, 2.75) is 26.2 Å². The average molecular weight is 223 g/mol. The third kappa shape index (κ3) is 2.47. The lowest BCUT2D eigenvalue weighted by molar-refractivity contribution is 0.347. The Bertz CT molecular complexity index is 350. The van der Waals surface area contributed by atoms with E-state index in [0.717, 1.165) is 29.0 Å². The monoisotopic (exact) mass is 223 g/mol. The fourth-order valence-electron chi connectivity index (χ4n) is 1.93. The number of benzene rings is 1. The van der Waals surface area contributed by atoms with Gasteiger partial charge in [-0.15, -0.1) is 0 Å². The Hall–Kier alpha value is -1.22. The lowest BCUT2D eigenvalue weighted by Crippen LogP contribution is -2.07. The predicted octanol–water partition coefficient (Wildman–Crippen LogP) is 2.46. The topological polar surface area (TPSA) is 44.5 Å². The zero-order valence-corrected chi connectivity index (χ0v) is 10.5. The molecule has 3 nitrogen and oxygen atoms in total. The molecule has 0 aromatic heterocycles. The van der Waals surface area contributed by atoms with Gasteiger partial charge < -0.3 is 15.2 Å². The molecule has 0 fully saturated rings. The molecule has 0 amide bonds. The van der Waals surface area contributed by atoms with Crippen molar-refractivity contribution in [1.82, 2.24) is 0 Å². The van der Waals surface area contributed by atoms with E-state index in [0.29, 0.717) is 12.5 Å². The predicted molar refractivity (Wildman–Crippen MR) is 66.4 cm³/mol. The van der Waals surface area contributed by atoms with Gasteiger partial charge in [-0.25, -0.2) is 0 Å². The quantitative estimate of drug-likeness (QED) is 0.834. The van der Waals surface area contributed by atoms with Crippen LogP contribution in [-0.4, -0.2) is 20.8 Å². The van der Waals surface area contributed by atoms with E-state index in [1.165, 1.54) is 0 Å². The highest BCUT2D eigenvalue weighted by atomic mass is 16.5. The maximum atomic E-state index is 5.59. The molecule has 2 N–H and O–H groups in total. The fourth-order valence-corrected chi connectivity index (χ4v) is 1.93. The normalized spacial score (nSPS) is 12.3. The molecule has 1 unspecified atom stereocenters. The van der Waals surface area contributed by atoms with Gasteiger partial charge in [0, 0.05) is 5.56 Å². The molecule has 1 aromatic carbocycles. The van der Waals surface area contributed by atoms with E-state index in [2.05, 4.69) is 19.1 Å². The maximum absolute atomic E-state index is 5.59. The van der Waals surface area contributed by atoms with Crippen molar-refractivity contribution in [3.8, 4) is 11.5 Å². The number of hydrogen-bond acceptors (Lipinski definition) is 3. The second-order valence-corrected chi connectivity index (χ2v) is 4.02. The van der Waals surface area contributed by atoms with Gasteiger partial charge >= 0.3 is 0 Å². The number of ether oxygens (including phenoxy) is 2. The van der Waals surface area contributed by atoms with E-state index in [4.69, 9.17) is 15.2 Å². The van der Waals surface area contributed by atoms with Crippen LogP contribution in [-0.2, 0) is 0 Å². The molecular weight excluding hydrogens is 202 g/mol. The molecule has 90 valence electrons. The summed E-state index contributed by atoms with van der Waals surface area (Å²) in [5, 5.41) is 0. The van der Waals surface area contributed by atoms with Crippen LogP contribution in [0.4, 0.5) is 0 Å². The molecule has 0 saturated heterocycles. The Morgan fingerprint density at radius 1 is 1.19 bits per heavy atom. The summed E-state index contributed by atoms with van der Waals surface area (Å²) < 4.78 is 10.8. The average Bonchev–Trinajstić information content (AvgIpc) is 2.28. The van der Waals surface area contributed by atoms with Crippen LogP contribution in [0.25, 0.3) is 0 Å². The number of nitrogens with two attached hydrogens (primary N) is 1. The Kier molecular flexibility index (Phi) is 4.62. The Balaban J connectivity index is 3.18. The molecule has 1 rings (SSSR count). The highest BCUT2D eigenvalue weighted by Crippen LogP contribution is 2.38. The van der Waals surface area contributed by atoms with Crippen LogP contribution in [0.1, 0.15) is 30.4 Å². The van der Waals surface area contributed by atoms with Crippen LogP contribution in [0.3, 0.4) is 0 Å². The first-order valence-corrected chi connectivity index (χ1v) is 5.57. The van der Waals surface area contributed by atoms with Gasteiger partial charge in [-0.2, -0.15) is 0 Å². The molecule has 0 aliphatic carbocycles. The Labute approximate surface area is 97.6 Å². The van der Waals surface area contributed by atoms with Crippen molar-refractivity contribution in [3.05, 3.63) is 23.3 Å². The molecule has 0 saturated carbocycles. The van der Waals surface area contributed by atoms with Crippen LogP contribution in [0.2, 0.25) is 0 Å². The van der Waals surface area contributed by atoms with E-state index in [-0.39, 0.29) is 0 Å². The minimum Gasteiger partial charge on any atom is -0.493 e. The summed E-state index contributed by atoms with van der Waals surface area (Å²) in [6.07, 6.45) is 0.947. The van der Waals surface area contributed by atoms with Crippen LogP contribution in [0.5, 0.6) is 11.5 Å². The van der Waals surface area contributed by atoms with Gasteiger partial charge in [0.25, 0.3) is 0 Å². The zero-order chi connectivity index (χ0) is 12.1. The van der Waals surface area contributed by atoms with Gasteiger partial charge in [-0.1, -0.05) is 19.1 Å². The molecule has 0 aliphatic heterocycles. The highest BCUT2D eigenvalue weighted by Gasteiger charge is 2.16. The molecule has 0 heterocycles. The number of aryl methyl sites for hydroxylation is 1. The van der Waals surface area contributed by atoms with Crippen LogP contribution >= 0.6 is 0 Å². The van der Waals surface area contributed by atoms with Crippen LogP contribution in [0, 0.1) is 6.92 Å². The number of methoxy groups -OCH3 is 2. The number of hydrogen-bond donors (Lipinski definition) is 1. The lowest BCUT2D eigenvalue weighted by Gasteiger charge is -2.18. The first-order chi connectivity index (χ1) is 7.65. The van der Waals surface area contributed by atoms with E-state index in [9.17, 15) is 0 Å². The van der Waals surface area contributed by atoms with Crippen molar-refractivity contribution in [3.63, 3.8) is 0 Å². The summed E-state index contributed by atoms with van der Waals surface area (Å²) in [4.78, 5) is 0. The van der Waals surface area contributed by atoms with Crippen molar-refractivity contribution in [2.24, 2.45) is 5.73 Å². The van der Waals surface area contributed by atoms with Crippen molar-refractivity contribution < 1.29 is 9.47 Å². The van der Waals surface area contributed by atoms with E-state index < -0.39 is 0 Å². The first kappa shape index (κ1) is 12.8. The van der Waals surface area contributed by atoms with Gasteiger partial charge in [-0.05, 0) is 31.4 Å². The van der Waals surface area contributed by atoms with E-state index >= 15 is 0 Å². The number of rotatable bonds is 5. The first-order valence-electron chi connectivity index (χ1n) is 5.57. The second kappa shape index (κ2) is 5.75. The fraction of sp³-hybridized carbons (Fsp3) is 0.538. The molecule has 0 radical (unpaired) electrons. The molecular formula is C13H21NO2. The van der Waals surface area contributed by atoms with Crippen molar-refractivity contribution in [2.75, 3.05) is 20.8 Å². The highest BCUT2D eigenvalue weighted by molar-refractivity contribution is 5.52.